The largest absolute Gasteiger partial charge is 0.486 e. The Balaban J connectivity index is 0.000000199. The number of rotatable bonds is 6. The van der Waals surface area contributed by atoms with Crippen LogP contribution in [-0.4, -0.2) is 32.6 Å². The molecule has 3 aromatic carbocycles. The van der Waals surface area contributed by atoms with E-state index in [0.29, 0.717) is 22.9 Å². The first-order chi connectivity index (χ1) is 24.9. The van der Waals surface area contributed by atoms with Crippen molar-refractivity contribution in [3.8, 4) is 28.3 Å². The molecule has 0 aliphatic heterocycles. The summed E-state index contributed by atoms with van der Waals surface area (Å²) in [4.78, 5) is 18.1. The maximum absolute atomic E-state index is 13.8. The SMILES string of the molecule is CC(C)Cc1cc(-c2[c-]cccc2)ncc1[Si](C)(C)C.Cc1cc(-n2c(-c3[c-]cc(C)c4c3oc3nc(F)ccc34)nc3ccccc32)cc(C)n1.[Ir]. The van der Waals surface area contributed by atoms with Crippen LogP contribution < -0.4 is 5.19 Å². The monoisotopic (exact) mass is 896 g/mol. The topological polar surface area (TPSA) is 69.6 Å². The molecule has 0 aliphatic rings. The van der Waals surface area contributed by atoms with Gasteiger partial charge in [0.1, 0.15) is 0 Å². The van der Waals surface area contributed by atoms with Crippen LogP contribution in [0.15, 0.2) is 95.5 Å². The molecule has 0 bridgehead atoms. The molecule has 53 heavy (non-hydrogen) atoms. The third-order valence-electron chi connectivity index (χ3n) is 9.10. The molecule has 0 saturated carbocycles. The number of furan rings is 1. The molecule has 0 saturated heterocycles. The summed E-state index contributed by atoms with van der Waals surface area (Å²) in [5, 5.41) is 3.15. The van der Waals surface area contributed by atoms with Crippen LogP contribution in [0.3, 0.4) is 0 Å². The Morgan fingerprint density at radius 3 is 2.30 bits per heavy atom. The second-order valence-corrected chi connectivity index (χ2v) is 19.9. The van der Waals surface area contributed by atoms with Crippen molar-refractivity contribution in [3.05, 3.63) is 132 Å². The number of benzene rings is 3. The van der Waals surface area contributed by atoms with E-state index in [1.54, 1.807) is 6.07 Å². The van der Waals surface area contributed by atoms with Crippen LogP contribution in [0.4, 0.5) is 4.39 Å². The van der Waals surface area contributed by atoms with Gasteiger partial charge >= 0.3 is 0 Å². The third kappa shape index (κ3) is 7.79. The van der Waals surface area contributed by atoms with Crippen LogP contribution in [0.5, 0.6) is 0 Å². The standard InChI is InChI=1S/C26H18FN4O.C18H24NSi.Ir/c1-14-8-9-19(24-23(14)18-10-11-22(27)30-26(18)32-24)25-29-20-6-4-5-7-21(20)31(25)17-12-15(2)28-16(3)13-17;1-14(2)11-16-12-17(15-9-7-6-8-10-15)19-13-18(16)20(3,4)5;/h4-8,10-13H,1-3H3;6-9,12-14H,11H2,1-5H3;/q2*-1;. The van der Waals surface area contributed by atoms with Crippen molar-refractivity contribution >= 4 is 46.4 Å². The number of fused-ring (bicyclic) bond motifs is 4. The van der Waals surface area contributed by atoms with Crippen molar-refractivity contribution in [3.63, 3.8) is 0 Å². The zero-order chi connectivity index (χ0) is 36.7. The Morgan fingerprint density at radius 1 is 0.868 bits per heavy atom. The van der Waals surface area contributed by atoms with Gasteiger partial charge in [0.15, 0.2) is 0 Å². The minimum absolute atomic E-state index is 0. The fourth-order valence-electron chi connectivity index (χ4n) is 6.89. The first-order valence-electron chi connectivity index (χ1n) is 17.7. The summed E-state index contributed by atoms with van der Waals surface area (Å²) in [5.74, 6) is 0.788. The van der Waals surface area contributed by atoms with Gasteiger partial charge in [0.2, 0.25) is 11.7 Å². The minimum Gasteiger partial charge on any atom is -0.486 e. The summed E-state index contributed by atoms with van der Waals surface area (Å²) in [6, 6.07) is 34.0. The van der Waals surface area contributed by atoms with Crippen molar-refractivity contribution < 1.29 is 28.9 Å². The average molecular weight is 896 g/mol. The van der Waals surface area contributed by atoms with Crippen molar-refractivity contribution in [2.75, 3.05) is 0 Å². The zero-order valence-corrected chi connectivity index (χ0v) is 34.7. The number of halogens is 1. The molecule has 8 aromatic rings. The molecular weight excluding hydrogens is 854 g/mol. The zero-order valence-electron chi connectivity index (χ0n) is 31.3. The number of para-hydroxylation sites is 2. The molecule has 0 unspecified atom stereocenters. The molecule has 0 spiro atoms. The molecule has 0 atom stereocenters. The quantitative estimate of drug-likeness (QED) is 0.0945. The van der Waals surface area contributed by atoms with Gasteiger partial charge in [-0.25, -0.2) is 0 Å². The predicted molar refractivity (Wildman–Crippen MR) is 212 cm³/mol. The first-order valence-corrected chi connectivity index (χ1v) is 21.2. The molecule has 1 radical (unpaired) electrons. The number of pyridine rings is 3. The van der Waals surface area contributed by atoms with Gasteiger partial charge in [0.05, 0.1) is 30.5 Å². The fraction of sp³-hybridized carbons (Fsp3) is 0.227. The molecule has 9 heteroatoms. The number of aromatic nitrogens is 5. The molecule has 6 nitrogen and oxygen atoms in total. The maximum atomic E-state index is 13.8. The van der Waals surface area contributed by atoms with Crippen molar-refractivity contribution in [1.29, 1.82) is 0 Å². The van der Waals surface area contributed by atoms with Gasteiger partial charge in [0, 0.05) is 48.8 Å². The van der Waals surface area contributed by atoms with E-state index in [1.165, 1.54) is 16.8 Å². The summed E-state index contributed by atoms with van der Waals surface area (Å²) in [7, 11) is -1.34. The van der Waals surface area contributed by atoms with Gasteiger partial charge < -0.3 is 14.0 Å². The van der Waals surface area contributed by atoms with Crippen molar-refractivity contribution in [1.82, 2.24) is 24.5 Å². The molecule has 0 fully saturated rings. The van der Waals surface area contributed by atoms with Gasteiger partial charge in [-0.15, -0.1) is 53.6 Å². The second-order valence-electron chi connectivity index (χ2n) is 14.9. The summed E-state index contributed by atoms with van der Waals surface area (Å²) >= 11 is 0. The molecule has 5 aromatic heterocycles. The average Bonchev–Trinajstić information content (AvgIpc) is 3.67. The van der Waals surface area contributed by atoms with E-state index in [4.69, 9.17) is 9.40 Å². The van der Waals surface area contributed by atoms with Crippen LogP contribution in [0.25, 0.3) is 61.4 Å². The van der Waals surface area contributed by atoms with Gasteiger partial charge in [-0.2, -0.15) is 9.37 Å². The number of hydrogen-bond donors (Lipinski definition) is 0. The third-order valence-corrected chi connectivity index (χ3v) is 11.2. The Labute approximate surface area is 324 Å². The molecule has 271 valence electrons. The van der Waals surface area contributed by atoms with E-state index < -0.39 is 14.0 Å². The summed E-state index contributed by atoms with van der Waals surface area (Å²) < 4.78 is 22.0. The smallest absolute Gasteiger partial charge is 0.218 e. The predicted octanol–water partition coefficient (Wildman–Crippen LogP) is 10.5. The maximum Gasteiger partial charge on any atom is 0.218 e. The molecule has 0 N–H and O–H groups in total. The van der Waals surface area contributed by atoms with E-state index >= 15 is 0 Å². The van der Waals surface area contributed by atoms with E-state index in [0.717, 1.165) is 62.1 Å². The van der Waals surface area contributed by atoms with Gasteiger partial charge in [-0.05, 0) is 73.5 Å². The number of imidazole rings is 1. The van der Waals surface area contributed by atoms with Crippen molar-refractivity contribution in [2.45, 2.75) is 60.7 Å². The Kier molecular flexibility index (Phi) is 10.9. The Hall–Kier alpha value is -4.82. The summed E-state index contributed by atoms with van der Waals surface area (Å²) in [6.45, 7) is 17.7. The van der Waals surface area contributed by atoms with E-state index in [2.05, 4.69) is 83.5 Å². The van der Waals surface area contributed by atoms with E-state index in [1.807, 2.05) is 81.4 Å². The van der Waals surface area contributed by atoms with Gasteiger partial charge in [-0.3, -0.25) is 9.97 Å². The first kappa shape index (κ1) is 37.9. The Bertz CT molecular complexity index is 2550. The number of aryl methyl sites for hydroxylation is 3. The fourth-order valence-corrected chi connectivity index (χ4v) is 8.47. The van der Waals surface area contributed by atoms with Gasteiger partial charge in [-0.1, -0.05) is 75.1 Å². The molecular formula is C44H42FIrN5OSi-2. The molecule has 0 aliphatic carbocycles. The number of hydrogen-bond acceptors (Lipinski definition) is 5. The summed E-state index contributed by atoms with van der Waals surface area (Å²) in [5.41, 5.74) is 10.8. The van der Waals surface area contributed by atoms with Crippen LogP contribution in [0, 0.1) is 44.8 Å². The van der Waals surface area contributed by atoms with Crippen LogP contribution in [-0.2, 0) is 26.5 Å². The normalized spacial score (nSPS) is 11.6. The van der Waals surface area contributed by atoms with Crippen LogP contribution in [0.2, 0.25) is 19.6 Å². The van der Waals surface area contributed by atoms with Crippen LogP contribution >= 0.6 is 0 Å². The minimum atomic E-state index is -1.34. The molecule has 5 heterocycles. The van der Waals surface area contributed by atoms with Crippen molar-refractivity contribution in [2.24, 2.45) is 5.92 Å². The molecule has 8 rings (SSSR count). The molecule has 0 amide bonds. The van der Waals surface area contributed by atoms with E-state index in [9.17, 15) is 4.39 Å². The second kappa shape index (κ2) is 15.3. The Morgan fingerprint density at radius 2 is 1.60 bits per heavy atom. The summed E-state index contributed by atoms with van der Waals surface area (Å²) in [6.07, 6.45) is 3.24. The van der Waals surface area contributed by atoms with Crippen LogP contribution in [0.1, 0.15) is 36.4 Å². The van der Waals surface area contributed by atoms with Gasteiger partial charge in [0.25, 0.3) is 0 Å². The van der Waals surface area contributed by atoms with E-state index in [-0.39, 0.29) is 25.8 Å². The number of nitrogens with zero attached hydrogens (tertiary/aromatic N) is 5.